The van der Waals surface area contributed by atoms with Gasteiger partial charge in [0.15, 0.2) is 0 Å². The Labute approximate surface area is 110 Å². The van der Waals surface area contributed by atoms with Gasteiger partial charge in [0.25, 0.3) is 0 Å². The predicted octanol–water partition coefficient (Wildman–Crippen LogP) is 1.28. The van der Waals surface area contributed by atoms with Crippen LogP contribution in [0.25, 0.3) is 0 Å². The predicted molar refractivity (Wildman–Crippen MR) is 74.7 cm³/mol. The summed E-state index contributed by atoms with van der Waals surface area (Å²) >= 11 is 0. The van der Waals surface area contributed by atoms with Crippen molar-refractivity contribution >= 4 is 0 Å². The number of aliphatic hydroxyl groups excluding tert-OH is 1. The molecule has 0 aromatic heterocycles. The van der Waals surface area contributed by atoms with Crippen molar-refractivity contribution in [1.29, 1.82) is 0 Å². The molecular formula is C15H24N2O. The summed E-state index contributed by atoms with van der Waals surface area (Å²) in [6, 6.07) is 10.9. The summed E-state index contributed by atoms with van der Waals surface area (Å²) in [6.45, 7) is 4.53. The van der Waals surface area contributed by atoms with Gasteiger partial charge in [0.2, 0.25) is 0 Å². The Hall–Kier alpha value is -0.900. The van der Waals surface area contributed by atoms with Crippen molar-refractivity contribution in [1.82, 2.24) is 10.2 Å². The van der Waals surface area contributed by atoms with Crippen molar-refractivity contribution in [2.24, 2.45) is 0 Å². The fraction of sp³-hybridized carbons (Fsp3) is 0.600. The van der Waals surface area contributed by atoms with Gasteiger partial charge < -0.3 is 15.3 Å². The maximum absolute atomic E-state index is 9.25. The lowest BCUT2D eigenvalue weighted by Gasteiger charge is -2.23. The lowest BCUT2D eigenvalue weighted by Crippen LogP contribution is -2.40. The first kappa shape index (κ1) is 13.5. The number of aliphatic hydroxyl groups is 1. The fourth-order valence-corrected chi connectivity index (χ4v) is 2.55. The molecular weight excluding hydrogens is 224 g/mol. The highest BCUT2D eigenvalue weighted by molar-refractivity contribution is 5.14. The van der Waals surface area contributed by atoms with E-state index in [1.807, 2.05) is 0 Å². The second kappa shape index (κ2) is 7.52. The SMILES string of the molecule is OCC1CN(CCCc2ccccc2)CCCN1. The van der Waals surface area contributed by atoms with Gasteiger partial charge in [-0.2, -0.15) is 0 Å². The second-order valence-electron chi connectivity index (χ2n) is 5.08. The highest BCUT2D eigenvalue weighted by Crippen LogP contribution is 2.06. The number of hydrogen-bond acceptors (Lipinski definition) is 3. The Bertz CT molecular complexity index is 329. The van der Waals surface area contributed by atoms with Crippen LogP contribution in [0.1, 0.15) is 18.4 Å². The van der Waals surface area contributed by atoms with Crippen molar-refractivity contribution in [2.75, 3.05) is 32.8 Å². The molecule has 0 aliphatic carbocycles. The topological polar surface area (TPSA) is 35.5 Å². The quantitative estimate of drug-likeness (QED) is 0.824. The molecule has 1 unspecified atom stereocenters. The van der Waals surface area contributed by atoms with E-state index >= 15 is 0 Å². The highest BCUT2D eigenvalue weighted by atomic mass is 16.3. The van der Waals surface area contributed by atoms with Crippen LogP contribution in [0.15, 0.2) is 30.3 Å². The Balaban J connectivity index is 1.72. The van der Waals surface area contributed by atoms with E-state index in [1.165, 1.54) is 18.4 Å². The van der Waals surface area contributed by atoms with Gasteiger partial charge in [0.1, 0.15) is 0 Å². The van der Waals surface area contributed by atoms with Gasteiger partial charge >= 0.3 is 0 Å². The monoisotopic (exact) mass is 248 g/mol. The Morgan fingerprint density at radius 1 is 1.28 bits per heavy atom. The van der Waals surface area contributed by atoms with Crippen LogP contribution in [0.5, 0.6) is 0 Å². The molecule has 100 valence electrons. The van der Waals surface area contributed by atoms with Gasteiger partial charge in [-0.05, 0) is 44.5 Å². The Morgan fingerprint density at radius 2 is 2.11 bits per heavy atom. The number of rotatable bonds is 5. The molecule has 0 spiro atoms. The van der Waals surface area contributed by atoms with Crippen LogP contribution in [-0.2, 0) is 6.42 Å². The highest BCUT2D eigenvalue weighted by Gasteiger charge is 2.16. The van der Waals surface area contributed by atoms with E-state index in [4.69, 9.17) is 0 Å². The summed E-state index contributed by atoms with van der Waals surface area (Å²) in [5.41, 5.74) is 1.42. The summed E-state index contributed by atoms with van der Waals surface area (Å²) in [5.74, 6) is 0. The molecule has 0 saturated carbocycles. The van der Waals surface area contributed by atoms with E-state index in [1.54, 1.807) is 0 Å². The van der Waals surface area contributed by atoms with Gasteiger partial charge in [0, 0.05) is 12.6 Å². The van der Waals surface area contributed by atoms with Gasteiger partial charge in [-0.15, -0.1) is 0 Å². The normalized spacial score (nSPS) is 21.7. The minimum Gasteiger partial charge on any atom is -0.395 e. The summed E-state index contributed by atoms with van der Waals surface area (Å²) in [6.07, 6.45) is 3.53. The van der Waals surface area contributed by atoms with Crippen LogP contribution >= 0.6 is 0 Å². The van der Waals surface area contributed by atoms with Crippen molar-refractivity contribution in [2.45, 2.75) is 25.3 Å². The van der Waals surface area contributed by atoms with Crippen LogP contribution in [0.2, 0.25) is 0 Å². The maximum atomic E-state index is 9.25. The third kappa shape index (κ3) is 4.41. The van der Waals surface area contributed by atoms with Gasteiger partial charge in [-0.1, -0.05) is 30.3 Å². The first-order valence-corrected chi connectivity index (χ1v) is 6.99. The van der Waals surface area contributed by atoms with Gasteiger partial charge in [-0.3, -0.25) is 0 Å². The van der Waals surface area contributed by atoms with E-state index in [0.29, 0.717) is 0 Å². The molecule has 1 saturated heterocycles. The minimum atomic E-state index is 0.245. The number of nitrogens with one attached hydrogen (secondary N) is 1. The number of hydrogen-bond donors (Lipinski definition) is 2. The molecule has 3 nitrogen and oxygen atoms in total. The molecule has 0 amide bonds. The fourth-order valence-electron chi connectivity index (χ4n) is 2.55. The lowest BCUT2D eigenvalue weighted by molar-refractivity contribution is 0.199. The summed E-state index contributed by atoms with van der Waals surface area (Å²) in [7, 11) is 0. The summed E-state index contributed by atoms with van der Waals surface area (Å²) in [5, 5.41) is 12.6. The largest absolute Gasteiger partial charge is 0.395 e. The zero-order valence-corrected chi connectivity index (χ0v) is 11.0. The van der Waals surface area contributed by atoms with E-state index in [-0.39, 0.29) is 12.6 Å². The van der Waals surface area contributed by atoms with E-state index < -0.39 is 0 Å². The van der Waals surface area contributed by atoms with E-state index in [0.717, 1.165) is 32.6 Å². The zero-order chi connectivity index (χ0) is 12.6. The maximum Gasteiger partial charge on any atom is 0.0597 e. The zero-order valence-electron chi connectivity index (χ0n) is 11.0. The minimum absolute atomic E-state index is 0.245. The molecule has 1 atom stereocenters. The van der Waals surface area contributed by atoms with Crippen molar-refractivity contribution < 1.29 is 5.11 Å². The molecule has 2 rings (SSSR count). The lowest BCUT2D eigenvalue weighted by atomic mass is 10.1. The molecule has 1 aromatic rings. The molecule has 0 radical (unpaired) electrons. The number of aryl methyl sites for hydroxylation is 1. The van der Waals surface area contributed by atoms with E-state index in [9.17, 15) is 5.11 Å². The third-order valence-electron chi connectivity index (χ3n) is 3.57. The first-order chi connectivity index (χ1) is 8.88. The van der Waals surface area contributed by atoms with Crippen molar-refractivity contribution in [3.8, 4) is 0 Å². The van der Waals surface area contributed by atoms with Gasteiger partial charge in [-0.25, -0.2) is 0 Å². The van der Waals surface area contributed by atoms with E-state index in [2.05, 4.69) is 40.5 Å². The number of nitrogens with zero attached hydrogens (tertiary/aromatic N) is 1. The molecule has 1 heterocycles. The standard InChI is InChI=1S/C15H24N2O/c18-13-15-12-17(11-5-9-16-15)10-4-8-14-6-2-1-3-7-14/h1-3,6-7,15-16,18H,4-5,8-13H2. The average Bonchev–Trinajstić information content (AvgIpc) is 2.65. The molecule has 18 heavy (non-hydrogen) atoms. The van der Waals surface area contributed by atoms with Gasteiger partial charge in [0.05, 0.1) is 6.61 Å². The first-order valence-electron chi connectivity index (χ1n) is 6.99. The summed E-state index contributed by atoms with van der Waals surface area (Å²) in [4.78, 5) is 2.48. The molecule has 3 heteroatoms. The molecule has 2 N–H and O–H groups in total. The van der Waals surface area contributed by atoms with Crippen LogP contribution in [-0.4, -0.2) is 48.8 Å². The molecule has 1 aliphatic rings. The summed E-state index contributed by atoms with van der Waals surface area (Å²) < 4.78 is 0. The molecule has 0 bridgehead atoms. The Morgan fingerprint density at radius 3 is 2.89 bits per heavy atom. The number of benzene rings is 1. The van der Waals surface area contributed by atoms with Crippen molar-refractivity contribution in [3.05, 3.63) is 35.9 Å². The van der Waals surface area contributed by atoms with Crippen LogP contribution in [0, 0.1) is 0 Å². The molecule has 1 fully saturated rings. The third-order valence-corrected chi connectivity index (χ3v) is 3.57. The van der Waals surface area contributed by atoms with Crippen LogP contribution in [0.3, 0.4) is 0 Å². The molecule has 1 aliphatic heterocycles. The smallest absolute Gasteiger partial charge is 0.0597 e. The van der Waals surface area contributed by atoms with Crippen molar-refractivity contribution in [3.63, 3.8) is 0 Å². The Kier molecular flexibility index (Phi) is 5.65. The van der Waals surface area contributed by atoms with Crippen LogP contribution < -0.4 is 5.32 Å². The second-order valence-corrected chi connectivity index (χ2v) is 5.08. The molecule has 1 aromatic carbocycles. The van der Waals surface area contributed by atoms with Crippen LogP contribution in [0.4, 0.5) is 0 Å². The average molecular weight is 248 g/mol.